The van der Waals surface area contributed by atoms with Gasteiger partial charge in [0.2, 0.25) is 17.7 Å². The van der Waals surface area contributed by atoms with E-state index in [1.165, 1.54) is 0 Å². The first-order chi connectivity index (χ1) is 14.2. The number of guanidine groups is 1. The zero-order chi connectivity index (χ0) is 20.1. The zero-order valence-electron chi connectivity index (χ0n) is 16.0. The monoisotopic (exact) mass is 412 g/mol. The minimum Gasteiger partial charge on any atom is -0.347 e. The van der Waals surface area contributed by atoms with E-state index >= 15 is 0 Å². The van der Waals surface area contributed by atoms with E-state index in [0.717, 1.165) is 43.7 Å². The first-order valence-electron chi connectivity index (χ1n) is 9.29. The Kier molecular flexibility index (Phi) is 5.85. The van der Waals surface area contributed by atoms with Crippen LogP contribution in [-0.4, -0.2) is 64.2 Å². The number of anilines is 1. The van der Waals surface area contributed by atoms with Crippen LogP contribution in [0.4, 0.5) is 5.95 Å². The quantitative estimate of drug-likeness (QED) is 0.514. The maximum Gasteiger partial charge on any atom is 0.246 e. The standard InChI is InChI=1S/C19H21ClN8O/c1-21-18(27-8-10-28(11-9-27)19-22-6-3-7-23-19)24-13-16-25-17(26-29-16)14-4-2-5-15(20)12-14/h2-7,12H,8-11,13H2,1H3,(H,21,24). The highest BCUT2D eigenvalue weighted by Crippen LogP contribution is 2.20. The number of hydrogen-bond donors (Lipinski definition) is 1. The lowest BCUT2D eigenvalue weighted by Crippen LogP contribution is -2.52. The molecule has 0 bridgehead atoms. The summed E-state index contributed by atoms with van der Waals surface area (Å²) in [5.74, 6) is 2.55. The average molecular weight is 413 g/mol. The van der Waals surface area contributed by atoms with E-state index in [9.17, 15) is 0 Å². The molecule has 1 aliphatic heterocycles. The van der Waals surface area contributed by atoms with E-state index in [2.05, 4.69) is 40.2 Å². The van der Waals surface area contributed by atoms with Gasteiger partial charge in [0.25, 0.3) is 0 Å². The van der Waals surface area contributed by atoms with Crippen LogP contribution in [0.15, 0.2) is 52.2 Å². The molecule has 0 amide bonds. The fraction of sp³-hybridized carbons (Fsp3) is 0.316. The van der Waals surface area contributed by atoms with Crippen LogP contribution in [0.25, 0.3) is 11.4 Å². The van der Waals surface area contributed by atoms with Gasteiger partial charge in [-0.2, -0.15) is 4.98 Å². The van der Waals surface area contributed by atoms with Crippen LogP contribution in [0.1, 0.15) is 5.89 Å². The summed E-state index contributed by atoms with van der Waals surface area (Å²) in [4.78, 5) is 21.8. The number of rotatable bonds is 4. The number of piperazine rings is 1. The molecule has 0 atom stereocenters. The molecule has 3 heterocycles. The van der Waals surface area contributed by atoms with E-state index in [1.54, 1.807) is 31.6 Å². The van der Waals surface area contributed by atoms with E-state index in [4.69, 9.17) is 16.1 Å². The molecule has 29 heavy (non-hydrogen) atoms. The molecule has 9 nitrogen and oxygen atoms in total. The SMILES string of the molecule is CN=C(NCc1nc(-c2cccc(Cl)c2)no1)N1CCN(c2ncccn2)CC1. The molecule has 150 valence electrons. The Balaban J connectivity index is 1.32. The first-order valence-corrected chi connectivity index (χ1v) is 9.67. The Morgan fingerprint density at radius 1 is 1.17 bits per heavy atom. The van der Waals surface area contributed by atoms with E-state index < -0.39 is 0 Å². The van der Waals surface area contributed by atoms with Crippen molar-refractivity contribution in [3.8, 4) is 11.4 Å². The van der Waals surface area contributed by atoms with Gasteiger partial charge in [-0.15, -0.1) is 0 Å². The molecule has 1 aromatic carbocycles. The lowest BCUT2D eigenvalue weighted by atomic mass is 10.2. The minimum absolute atomic E-state index is 0.391. The third kappa shape index (κ3) is 4.62. The highest BCUT2D eigenvalue weighted by molar-refractivity contribution is 6.30. The van der Waals surface area contributed by atoms with Crippen molar-refractivity contribution in [1.29, 1.82) is 0 Å². The van der Waals surface area contributed by atoms with Gasteiger partial charge in [-0.25, -0.2) is 9.97 Å². The van der Waals surface area contributed by atoms with Crippen molar-refractivity contribution in [2.45, 2.75) is 6.54 Å². The van der Waals surface area contributed by atoms with E-state index in [0.29, 0.717) is 23.3 Å². The molecular formula is C19H21ClN8O. The Hall–Kier alpha value is -3.20. The Morgan fingerprint density at radius 2 is 1.97 bits per heavy atom. The highest BCUT2D eigenvalue weighted by Gasteiger charge is 2.21. The Bertz CT molecular complexity index is 969. The lowest BCUT2D eigenvalue weighted by molar-refractivity contribution is 0.354. The average Bonchev–Trinajstić information content (AvgIpc) is 3.24. The molecule has 10 heteroatoms. The molecule has 1 aliphatic rings. The van der Waals surface area contributed by atoms with Gasteiger partial charge in [-0.05, 0) is 18.2 Å². The third-order valence-corrected chi connectivity index (χ3v) is 4.81. The number of hydrogen-bond acceptors (Lipinski definition) is 7. The second-order valence-corrected chi connectivity index (χ2v) is 6.88. The van der Waals surface area contributed by atoms with Gasteiger partial charge < -0.3 is 19.6 Å². The predicted octanol–water partition coefficient (Wildman–Crippen LogP) is 2.08. The van der Waals surface area contributed by atoms with Gasteiger partial charge in [0.15, 0.2) is 5.96 Å². The van der Waals surface area contributed by atoms with Crippen molar-refractivity contribution in [2.75, 3.05) is 38.1 Å². The van der Waals surface area contributed by atoms with E-state index in [1.807, 2.05) is 18.2 Å². The molecule has 4 rings (SSSR count). The normalized spacial score (nSPS) is 14.9. The molecule has 0 unspecified atom stereocenters. The molecule has 1 fully saturated rings. The summed E-state index contributed by atoms with van der Waals surface area (Å²) in [6, 6.07) is 9.18. The maximum absolute atomic E-state index is 6.03. The van der Waals surface area contributed by atoms with Gasteiger partial charge in [0.1, 0.15) is 0 Å². The van der Waals surface area contributed by atoms with Crippen molar-refractivity contribution in [2.24, 2.45) is 4.99 Å². The summed E-state index contributed by atoms with van der Waals surface area (Å²) in [5, 5.41) is 7.95. The molecule has 0 spiro atoms. The Morgan fingerprint density at radius 3 is 2.69 bits per heavy atom. The topological polar surface area (TPSA) is 95.6 Å². The molecular weight excluding hydrogens is 392 g/mol. The summed E-state index contributed by atoms with van der Waals surface area (Å²) >= 11 is 6.03. The van der Waals surface area contributed by atoms with Crippen molar-refractivity contribution in [1.82, 2.24) is 30.3 Å². The molecule has 0 radical (unpaired) electrons. The van der Waals surface area contributed by atoms with Crippen molar-refractivity contribution >= 4 is 23.5 Å². The first kappa shape index (κ1) is 19.1. The van der Waals surface area contributed by atoms with E-state index in [-0.39, 0.29) is 0 Å². The second-order valence-electron chi connectivity index (χ2n) is 6.45. The van der Waals surface area contributed by atoms with Crippen LogP contribution in [0.5, 0.6) is 0 Å². The van der Waals surface area contributed by atoms with Gasteiger partial charge in [-0.3, -0.25) is 4.99 Å². The molecule has 3 aromatic rings. The smallest absolute Gasteiger partial charge is 0.246 e. The Labute approximate surface area is 173 Å². The lowest BCUT2D eigenvalue weighted by Gasteiger charge is -2.36. The number of aliphatic imine (C=N–C) groups is 1. The zero-order valence-corrected chi connectivity index (χ0v) is 16.7. The predicted molar refractivity (Wildman–Crippen MR) is 111 cm³/mol. The summed E-state index contributed by atoms with van der Waals surface area (Å²) < 4.78 is 5.35. The molecule has 0 aliphatic carbocycles. The number of halogens is 1. The summed E-state index contributed by atoms with van der Waals surface area (Å²) in [6.07, 6.45) is 3.52. The number of aromatic nitrogens is 4. The van der Waals surface area contributed by atoms with Crippen LogP contribution < -0.4 is 10.2 Å². The van der Waals surface area contributed by atoms with Crippen LogP contribution >= 0.6 is 11.6 Å². The minimum atomic E-state index is 0.391. The van der Waals surface area contributed by atoms with Gasteiger partial charge in [-0.1, -0.05) is 28.9 Å². The van der Waals surface area contributed by atoms with Crippen LogP contribution in [0.3, 0.4) is 0 Å². The van der Waals surface area contributed by atoms with Gasteiger partial charge >= 0.3 is 0 Å². The fourth-order valence-corrected chi connectivity index (χ4v) is 3.32. The van der Waals surface area contributed by atoms with Crippen molar-refractivity contribution in [3.05, 3.63) is 53.6 Å². The largest absolute Gasteiger partial charge is 0.347 e. The number of nitrogens with zero attached hydrogens (tertiary/aromatic N) is 7. The van der Waals surface area contributed by atoms with Gasteiger partial charge in [0, 0.05) is 56.2 Å². The summed E-state index contributed by atoms with van der Waals surface area (Å²) in [7, 11) is 1.76. The second kappa shape index (κ2) is 8.87. The highest BCUT2D eigenvalue weighted by atomic mass is 35.5. The maximum atomic E-state index is 6.03. The van der Waals surface area contributed by atoms with Crippen molar-refractivity contribution < 1.29 is 4.52 Å². The number of nitrogens with one attached hydrogen (secondary N) is 1. The van der Waals surface area contributed by atoms with Crippen LogP contribution in [0, 0.1) is 0 Å². The molecule has 1 N–H and O–H groups in total. The summed E-state index contributed by atoms with van der Waals surface area (Å²) in [5.41, 5.74) is 0.816. The van der Waals surface area contributed by atoms with Crippen LogP contribution in [-0.2, 0) is 6.54 Å². The molecule has 2 aromatic heterocycles. The number of benzene rings is 1. The summed E-state index contributed by atoms with van der Waals surface area (Å²) in [6.45, 7) is 3.67. The molecule has 0 saturated carbocycles. The van der Waals surface area contributed by atoms with Crippen molar-refractivity contribution in [3.63, 3.8) is 0 Å². The van der Waals surface area contributed by atoms with Gasteiger partial charge in [0.05, 0.1) is 6.54 Å². The van der Waals surface area contributed by atoms with Crippen LogP contribution in [0.2, 0.25) is 5.02 Å². The third-order valence-electron chi connectivity index (χ3n) is 4.57. The fourth-order valence-electron chi connectivity index (χ4n) is 3.13. The molecule has 1 saturated heterocycles.